The molecule has 1 aromatic heterocycles. The van der Waals surface area contributed by atoms with Gasteiger partial charge < -0.3 is 4.57 Å². The number of nitrogens with one attached hydrogen (secondary N) is 1. The quantitative estimate of drug-likeness (QED) is 0.512. The number of halogens is 3. The second kappa shape index (κ2) is 6.87. The minimum absolute atomic E-state index is 0.288. The molecule has 9 heteroatoms. The van der Waals surface area contributed by atoms with Crippen molar-refractivity contribution in [3.05, 3.63) is 71.4 Å². The number of aryl methyl sites for hydroxylation is 1. The third-order valence-electron chi connectivity index (χ3n) is 4.76. The van der Waals surface area contributed by atoms with Crippen LogP contribution >= 0.6 is 0 Å². The van der Waals surface area contributed by atoms with Crippen molar-refractivity contribution in [1.82, 2.24) is 9.88 Å². The van der Waals surface area contributed by atoms with E-state index in [0.717, 1.165) is 23.0 Å². The van der Waals surface area contributed by atoms with Gasteiger partial charge >= 0.3 is 12.2 Å². The predicted octanol–water partition coefficient (Wildman–Crippen LogP) is 3.86. The van der Waals surface area contributed by atoms with Crippen molar-refractivity contribution in [2.24, 2.45) is 7.05 Å². The van der Waals surface area contributed by atoms with Crippen LogP contribution in [0.3, 0.4) is 0 Å². The highest BCUT2D eigenvalue weighted by molar-refractivity contribution is 6.39. The normalized spacial score (nSPS) is 16.5. The molecule has 152 valence electrons. The molecule has 0 atom stereocenters. The number of para-hydroxylation sites is 1. The number of alkyl halides is 3. The largest absolute Gasteiger partial charge is 0.416 e. The molecule has 2 aromatic carbocycles. The van der Waals surface area contributed by atoms with Gasteiger partial charge in [-0.3, -0.25) is 14.9 Å². The van der Waals surface area contributed by atoms with Crippen LogP contribution in [0.5, 0.6) is 0 Å². The van der Waals surface area contributed by atoms with Crippen LogP contribution < -0.4 is 10.2 Å². The number of fused-ring (bicyclic) bond motifs is 1. The first-order chi connectivity index (χ1) is 14.2. The summed E-state index contributed by atoms with van der Waals surface area (Å²) in [5.41, 5.74) is -0.243. The summed E-state index contributed by atoms with van der Waals surface area (Å²) < 4.78 is 40.9. The lowest BCUT2D eigenvalue weighted by Gasteiger charge is -2.26. The average Bonchev–Trinajstić information content (AvgIpc) is 3.00. The average molecular weight is 413 g/mol. The number of benzene rings is 2. The van der Waals surface area contributed by atoms with E-state index in [1.165, 1.54) is 12.1 Å². The molecule has 1 saturated heterocycles. The van der Waals surface area contributed by atoms with Crippen LogP contribution in [0.2, 0.25) is 0 Å². The number of amides is 4. The van der Waals surface area contributed by atoms with Crippen LogP contribution in [-0.2, 0) is 22.8 Å². The Kier molecular flexibility index (Phi) is 4.45. The number of urea groups is 1. The summed E-state index contributed by atoms with van der Waals surface area (Å²) in [6.45, 7) is 0. The lowest BCUT2D eigenvalue weighted by atomic mass is 10.1. The molecule has 3 aromatic rings. The van der Waals surface area contributed by atoms with E-state index in [1.807, 2.05) is 28.1 Å². The number of carbonyl (C=O) groups is 3. The molecule has 2 heterocycles. The molecule has 0 saturated carbocycles. The highest BCUT2D eigenvalue weighted by Gasteiger charge is 2.38. The van der Waals surface area contributed by atoms with E-state index >= 15 is 0 Å². The fourth-order valence-corrected chi connectivity index (χ4v) is 3.36. The Labute approximate surface area is 168 Å². The van der Waals surface area contributed by atoms with Gasteiger partial charge in [0.05, 0.1) is 11.3 Å². The van der Waals surface area contributed by atoms with Gasteiger partial charge in [0.2, 0.25) is 0 Å². The number of hydrogen-bond donors (Lipinski definition) is 1. The molecule has 0 spiro atoms. The van der Waals surface area contributed by atoms with Crippen LogP contribution in [0.1, 0.15) is 11.1 Å². The first-order valence-corrected chi connectivity index (χ1v) is 8.79. The predicted molar refractivity (Wildman–Crippen MR) is 103 cm³/mol. The summed E-state index contributed by atoms with van der Waals surface area (Å²) in [7, 11) is 1.80. The number of rotatable bonds is 2. The standard InChI is InChI=1S/C21H14F3N3O3/c1-26-11-12(15-7-2-3-8-17(15)26)9-16-18(28)25-20(30)27(19(16)29)14-6-4-5-13(10-14)21(22,23)24/h2-11H,1H3,(H,25,28,30)/b16-9+. The summed E-state index contributed by atoms with van der Waals surface area (Å²) in [6, 6.07) is 9.98. The molecule has 4 amide bonds. The van der Waals surface area contributed by atoms with Gasteiger partial charge in [0.25, 0.3) is 11.8 Å². The Morgan fingerprint density at radius 3 is 2.47 bits per heavy atom. The molecule has 0 bridgehead atoms. The fraction of sp³-hybridized carbons (Fsp3) is 0.0952. The Morgan fingerprint density at radius 1 is 1.00 bits per heavy atom. The number of imide groups is 2. The lowest BCUT2D eigenvalue weighted by molar-refractivity contribution is -0.137. The minimum atomic E-state index is -4.65. The van der Waals surface area contributed by atoms with Gasteiger partial charge in [-0.15, -0.1) is 0 Å². The number of hydrogen-bond acceptors (Lipinski definition) is 3. The Morgan fingerprint density at radius 2 is 1.73 bits per heavy atom. The van der Waals surface area contributed by atoms with Crippen LogP contribution in [0, 0.1) is 0 Å². The summed E-state index contributed by atoms with van der Waals surface area (Å²) in [5, 5.41) is 2.79. The molecule has 1 N–H and O–H groups in total. The zero-order valence-electron chi connectivity index (χ0n) is 15.5. The number of barbiturate groups is 1. The van der Waals surface area contributed by atoms with Gasteiger partial charge in [-0.1, -0.05) is 24.3 Å². The van der Waals surface area contributed by atoms with Crippen LogP contribution in [0.15, 0.2) is 60.3 Å². The van der Waals surface area contributed by atoms with E-state index in [9.17, 15) is 27.6 Å². The van der Waals surface area contributed by atoms with Gasteiger partial charge in [0.1, 0.15) is 5.57 Å². The van der Waals surface area contributed by atoms with Crippen molar-refractivity contribution in [3.8, 4) is 0 Å². The van der Waals surface area contributed by atoms with Crippen molar-refractivity contribution in [2.75, 3.05) is 4.90 Å². The van der Waals surface area contributed by atoms with Crippen molar-refractivity contribution < 1.29 is 27.6 Å². The zero-order valence-corrected chi connectivity index (χ0v) is 15.5. The molecule has 6 nitrogen and oxygen atoms in total. The van der Waals surface area contributed by atoms with Gasteiger partial charge in [-0.05, 0) is 30.3 Å². The summed E-state index contributed by atoms with van der Waals surface area (Å²) >= 11 is 0. The zero-order chi connectivity index (χ0) is 21.6. The SMILES string of the molecule is Cn1cc(/C=C2\C(=O)NC(=O)N(c3cccc(C(F)(F)F)c3)C2=O)c2ccccc21. The summed E-state index contributed by atoms with van der Waals surface area (Å²) in [4.78, 5) is 38.0. The number of carbonyl (C=O) groups excluding carboxylic acids is 3. The molecule has 0 unspecified atom stereocenters. The van der Waals surface area contributed by atoms with Gasteiger partial charge in [0, 0.05) is 29.7 Å². The smallest absolute Gasteiger partial charge is 0.350 e. The maximum atomic E-state index is 13.0. The maximum absolute atomic E-state index is 13.0. The van der Waals surface area contributed by atoms with Crippen molar-refractivity contribution >= 4 is 40.5 Å². The highest BCUT2D eigenvalue weighted by atomic mass is 19.4. The fourth-order valence-electron chi connectivity index (χ4n) is 3.36. The van der Waals surface area contributed by atoms with E-state index in [1.54, 1.807) is 19.3 Å². The topological polar surface area (TPSA) is 71.4 Å². The van der Waals surface area contributed by atoms with Crippen LogP contribution in [0.4, 0.5) is 23.7 Å². The number of anilines is 1. The molecule has 4 rings (SSSR count). The number of nitrogens with zero attached hydrogens (tertiary/aromatic N) is 2. The van der Waals surface area contributed by atoms with E-state index in [4.69, 9.17) is 0 Å². The van der Waals surface area contributed by atoms with Crippen molar-refractivity contribution in [3.63, 3.8) is 0 Å². The molecular weight excluding hydrogens is 399 g/mol. The lowest BCUT2D eigenvalue weighted by Crippen LogP contribution is -2.54. The molecule has 1 fully saturated rings. The molecule has 0 aliphatic carbocycles. The minimum Gasteiger partial charge on any atom is -0.350 e. The van der Waals surface area contributed by atoms with Crippen LogP contribution in [0.25, 0.3) is 17.0 Å². The van der Waals surface area contributed by atoms with E-state index in [2.05, 4.69) is 0 Å². The van der Waals surface area contributed by atoms with Crippen molar-refractivity contribution in [2.45, 2.75) is 6.18 Å². The molecule has 1 aliphatic heterocycles. The molecule has 30 heavy (non-hydrogen) atoms. The monoisotopic (exact) mass is 413 g/mol. The highest BCUT2D eigenvalue weighted by Crippen LogP contribution is 2.33. The second-order valence-electron chi connectivity index (χ2n) is 6.72. The summed E-state index contributed by atoms with van der Waals surface area (Å²) in [5.74, 6) is -1.92. The first kappa shape index (κ1) is 19.4. The molecule has 0 radical (unpaired) electrons. The third kappa shape index (κ3) is 3.24. The summed E-state index contributed by atoms with van der Waals surface area (Å²) in [6.07, 6.45) is -1.61. The van der Waals surface area contributed by atoms with Crippen molar-refractivity contribution in [1.29, 1.82) is 0 Å². The molecular formula is C21H14F3N3O3. The van der Waals surface area contributed by atoms with Gasteiger partial charge in [0.15, 0.2) is 0 Å². The van der Waals surface area contributed by atoms with Crippen LogP contribution in [-0.4, -0.2) is 22.4 Å². The Bertz CT molecular complexity index is 1240. The maximum Gasteiger partial charge on any atom is 0.416 e. The van der Waals surface area contributed by atoms with E-state index in [-0.39, 0.29) is 11.3 Å². The first-order valence-electron chi connectivity index (χ1n) is 8.79. The third-order valence-corrected chi connectivity index (χ3v) is 4.76. The number of aromatic nitrogens is 1. The molecule has 1 aliphatic rings. The Balaban J connectivity index is 1.79. The van der Waals surface area contributed by atoms with E-state index in [0.29, 0.717) is 16.5 Å². The van der Waals surface area contributed by atoms with Gasteiger partial charge in [-0.25, -0.2) is 9.69 Å². The van der Waals surface area contributed by atoms with Gasteiger partial charge in [-0.2, -0.15) is 13.2 Å². The van der Waals surface area contributed by atoms with E-state index < -0.39 is 29.6 Å². The second-order valence-corrected chi connectivity index (χ2v) is 6.72. The Hall–Kier alpha value is -3.88.